The van der Waals surface area contributed by atoms with E-state index in [0.717, 1.165) is 11.3 Å². The van der Waals surface area contributed by atoms with Crippen LogP contribution in [0.4, 0.5) is 4.39 Å². The summed E-state index contributed by atoms with van der Waals surface area (Å²) in [6, 6.07) is 8.33. The number of benzene rings is 1. The molecule has 0 amide bonds. The van der Waals surface area contributed by atoms with Crippen molar-refractivity contribution in [2.45, 2.75) is 17.9 Å². The Kier molecular flexibility index (Phi) is 3.74. The highest BCUT2D eigenvalue weighted by Crippen LogP contribution is 2.25. The largest absolute Gasteiger partial charge is 0.410 e. The molecular weight excluding hydrogens is 291 g/mol. The monoisotopic (exact) mass is 304 g/mol. The Morgan fingerprint density at radius 1 is 1.29 bits per heavy atom. The zero-order chi connectivity index (χ0) is 14.8. The second kappa shape index (κ2) is 5.69. The molecule has 0 fully saturated rings. The van der Waals surface area contributed by atoms with Crippen LogP contribution >= 0.6 is 11.8 Å². The molecule has 5 nitrogen and oxygen atoms in total. The van der Waals surface area contributed by atoms with Crippen molar-refractivity contribution in [3.63, 3.8) is 0 Å². The van der Waals surface area contributed by atoms with Gasteiger partial charge in [0.25, 0.3) is 11.1 Å². The van der Waals surface area contributed by atoms with Gasteiger partial charge >= 0.3 is 0 Å². The fraction of sp³-hybridized carbons (Fsp3) is 0.214. The van der Waals surface area contributed by atoms with Crippen molar-refractivity contribution < 1.29 is 8.81 Å². The summed E-state index contributed by atoms with van der Waals surface area (Å²) in [6.07, 6.45) is 0. The lowest BCUT2D eigenvalue weighted by Gasteiger charge is -1.97. The third-order valence-corrected chi connectivity index (χ3v) is 3.88. The second-order valence-corrected chi connectivity index (χ2v) is 5.51. The van der Waals surface area contributed by atoms with Crippen LogP contribution in [0.5, 0.6) is 0 Å². The summed E-state index contributed by atoms with van der Waals surface area (Å²) in [7, 11) is 1.86. The molecule has 7 heteroatoms. The highest BCUT2D eigenvalue weighted by molar-refractivity contribution is 7.98. The minimum atomic E-state index is -0.247. The van der Waals surface area contributed by atoms with Crippen LogP contribution in [0.25, 0.3) is 11.6 Å². The summed E-state index contributed by atoms with van der Waals surface area (Å²) in [4.78, 5) is 0. The minimum Gasteiger partial charge on any atom is -0.410 e. The zero-order valence-corrected chi connectivity index (χ0v) is 12.4. The molecule has 0 aliphatic rings. The molecule has 3 rings (SSSR count). The van der Waals surface area contributed by atoms with Gasteiger partial charge in [0, 0.05) is 18.5 Å². The maximum absolute atomic E-state index is 13.1. The van der Waals surface area contributed by atoms with E-state index in [4.69, 9.17) is 4.42 Å². The third-order valence-electron chi connectivity index (χ3n) is 2.99. The van der Waals surface area contributed by atoms with E-state index >= 15 is 0 Å². The molecule has 0 radical (unpaired) electrons. The highest BCUT2D eigenvalue weighted by Gasteiger charge is 2.13. The number of thioether (sulfide) groups is 1. The Labute approximate surface area is 125 Å². The lowest BCUT2D eigenvalue weighted by molar-refractivity contribution is 0.464. The highest BCUT2D eigenvalue weighted by atomic mass is 32.2. The average Bonchev–Trinajstić information content (AvgIpc) is 3.04. The third kappa shape index (κ3) is 3.13. The van der Waals surface area contributed by atoms with Crippen LogP contribution in [0.1, 0.15) is 11.3 Å². The van der Waals surface area contributed by atoms with Crippen molar-refractivity contribution >= 4 is 11.8 Å². The summed E-state index contributed by atoms with van der Waals surface area (Å²) < 4.78 is 20.4. The SMILES string of the molecule is Cc1cc(-c2nnc(SCc3cccc(F)c3)o2)nn1C. The summed E-state index contributed by atoms with van der Waals surface area (Å²) in [6.45, 7) is 1.95. The van der Waals surface area contributed by atoms with Gasteiger partial charge in [0.1, 0.15) is 11.5 Å². The van der Waals surface area contributed by atoms with Crippen molar-refractivity contribution in [1.82, 2.24) is 20.0 Å². The first-order valence-corrected chi connectivity index (χ1v) is 7.32. The molecule has 2 aromatic heterocycles. The molecule has 1 aromatic carbocycles. The first-order valence-electron chi connectivity index (χ1n) is 6.33. The summed E-state index contributed by atoms with van der Waals surface area (Å²) >= 11 is 1.37. The van der Waals surface area contributed by atoms with Gasteiger partial charge in [-0.15, -0.1) is 10.2 Å². The van der Waals surface area contributed by atoms with E-state index in [9.17, 15) is 4.39 Å². The molecule has 0 unspecified atom stereocenters. The van der Waals surface area contributed by atoms with E-state index in [1.165, 1.54) is 23.9 Å². The maximum Gasteiger partial charge on any atom is 0.277 e. The topological polar surface area (TPSA) is 56.7 Å². The van der Waals surface area contributed by atoms with Gasteiger partial charge in [0.15, 0.2) is 0 Å². The summed E-state index contributed by atoms with van der Waals surface area (Å²) in [5.41, 5.74) is 2.53. The molecule has 0 N–H and O–H groups in total. The molecule has 0 bridgehead atoms. The normalized spacial score (nSPS) is 11.0. The smallest absolute Gasteiger partial charge is 0.277 e. The zero-order valence-electron chi connectivity index (χ0n) is 11.6. The van der Waals surface area contributed by atoms with E-state index in [-0.39, 0.29) is 5.82 Å². The van der Waals surface area contributed by atoms with Crippen molar-refractivity contribution in [1.29, 1.82) is 0 Å². The molecule has 0 spiro atoms. The van der Waals surface area contributed by atoms with Crippen LogP contribution in [0.15, 0.2) is 40.0 Å². The van der Waals surface area contributed by atoms with Crippen molar-refractivity contribution in [2.24, 2.45) is 7.05 Å². The lowest BCUT2D eigenvalue weighted by Crippen LogP contribution is -1.92. The Morgan fingerprint density at radius 2 is 2.14 bits per heavy atom. The fourth-order valence-electron chi connectivity index (χ4n) is 1.81. The Hall–Kier alpha value is -2.15. The number of aryl methyl sites for hydroxylation is 2. The van der Waals surface area contributed by atoms with E-state index < -0.39 is 0 Å². The molecule has 3 aromatic rings. The number of halogens is 1. The number of aromatic nitrogens is 4. The van der Waals surface area contributed by atoms with Crippen molar-refractivity contribution in [3.8, 4) is 11.6 Å². The molecule has 0 saturated carbocycles. The van der Waals surface area contributed by atoms with Crippen LogP contribution in [-0.4, -0.2) is 20.0 Å². The predicted molar refractivity (Wildman–Crippen MR) is 77.2 cm³/mol. The van der Waals surface area contributed by atoms with Gasteiger partial charge in [0.2, 0.25) is 0 Å². The first kappa shape index (κ1) is 13.8. The summed E-state index contributed by atoms with van der Waals surface area (Å²) in [5, 5.41) is 12.7. The standard InChI is InChI=1S/C14H13FN4OS/c1-9-6-12(18-19(9)2)13-16-17-14(20-13)21-8-10-4-3-5-11(15)7-10/h3-7H,8H2,1-2H3. The number of rotatable bonds is 4. The van der Waals surface area contributed by atoms with E-state index in [2.05, 4.69) is 15.3 Å². The van der Waals surface area contributed by atoms with E-state index in [0.29, 0.717) is 22.6 Å². The molecule has 0 aliphatic heterocycles. The number of hydrogen-bond donors (Lipinski definition) is 0. The van der Waals surface area contributed by atoms with Crippen LogP contribution in [0.3, 0.4) is 0 Å². The minimum absolute atomic E-state index is 0.247. The number of nitrogens with zero attached hydrogens (tertiary/aromatic N) is 4. The Bertz CT molecular complexity index is 748. The number of hydrogen-bond acceptors (Lipinski definition) is 5. The molecular formula is C14H13FN4OS. The molecule has 0 saturated heterocycles. The molecule has 0 aliphatic carbocycles. The van der Waals surface area contributed by atoms with Gasteiger partial charge < -0.3 is 4.42 Å². The lowest BCUT2D eigenvalue weighted by atomic mass is 10.2. The van der Waals surface area contributed by atoms with Gasteiger partial charge in [-0.25, -0.2) is 4.39 Å². The van der Waals surface area contributed by atoms with E-state index in [1.54, 1.807) is 10.7 Å². The quantitative estimate of drug-likeness (QED) is 0.693. The second-order valence-electron chi connectivity index (χ2n) is 4.59. The van der Waals surface area contributed by atoms with Gasteiger partial charge in [0.05, 0.1) is 0 Å². The van der Waals surface area contributed by atoms with Crippen LogP contribution < -0.4 is 0 Å². The molecule has 108 valence electrons. The van der Waals surface area contributed by atoms with Crippen molar-refractivity contribution in [2.75, 3.05) is 0 Å². The Morgan fingerprint density at radius 3 is 2.86 bits per heavy atom. The summed E-state index contributed by atoms with van der Waals surface area (Å²) in [5.74, 6) is 0.712. The van der Waals surface area contributed by atoms with Crippen LogP contribution in [-0.2, 0) is 12.8 Å². The van der Waals surface area contributed by atoms with Crippen LogP contribution in [0, 0.1) is 12.7 Å². The Balaban J connectivity index is 1.70. The average molecular weight is 304 g/mol. The fourth-order valence-corrected chi connectivity index (χ4v) is 2.51. The van der Waals surface area contributed by atoms with Gasteiger partial charge in [-0.05, 0) is 30.7 Å². The van der Waals surface area contributed by atoms with Gasteiger partial charge in [-0.3, -0.25) is 4.68 Å². The van der Waals surface area contributed by atoms with Gasteiger partial charge in [-0.1, -0.05) is 23.9 Å². The van der Waals surface area contributed by atoms with E-state index in [1.807, 2.05) is 26.1 Å². The molecule has 2 heterocycles. The predicted octanol–water partition coefficient (Wildman–Crippen LogP) is 3.21. The molecule has 21 heavy (non-hydrogen) atoms. The van der Waals surface area contributed by atoms with Crippen LogP contribution in [0.2, 0.25) is 0 Å². The van der Waals surface area contributed by atoms with Crippen molar-refractivity contribution in [3.05, 3.63) is 47.4 Å². The maximum atomic E-state index is 13.1. The van der Waals surface area contributed by atoms with Gasteiger partial charge in [-0.2, -0.15) is 5.10 Å². The first-order chi connectivity index (χ1) is 10.1. The molecule has 0 atom stereocenters.